The molecule has 19 heavy (non-hydrogen) atoms. The molecule has 1 unspecified atom stereocenters. The van der Waals surface area contributed by atoms with Crippen LogP contribution in [0.2, 0.25) is 0 Å². The maximum atomic E-state index is 11.8. The molecule has 0 aromatic heterocycles. The van der Waals surface area contributed by atoms with Crippen LogP contribution in [0.15, 0.2) is 24.3 Å². The van der Waals surface area contributed by atoms with Crippen molar-refractivity contribution in [3.8, 4) is 0 Å². The van der Waals surface area contributed by atoms with E-state index in [-0.39, 0.29) is 17.5 Å². The van der Waals surface area contributed by atoms with Crippen molar-refractivity contribution in [2.24, 2.45) is 0 Å². The second kappa shape index (κ2) is 6.71. The Kier molecular flexibility index (Phi) is 5.55. The standard InChI is InChI=1S/C16H26N2O/c1-6-16(4,5)18-15(19)11-17-13(3)14-9-7-12(2)8-10-14/h7-10,13,17H,6,11H2,1-5H3,(H,18,19). The number of nitrogens with one attached hydrogen (secondary N) is 2. The molecule has 0 bridgehead atoms. The van der Waals surface area contributed by atoms with Gasteiger partial charge in [-0.2, -0.15) is 0 Å². The van der Waals surface area contributed by atoms with Crippen molar-refractivity contribution in [2.45, 2.75) is 52.6 Å². The van der Waals surface area contributed by atoms with E-state index in [9.17, 15) is 4.79 Å². The molecular formula is C16H26N2O. The van der Waals surface area contributed by atoms with E-state index in [1.165, 1.54) is 11.1 Å². The summed E-state index contributed by atoms with van der Waals surface area (Å²) in [6, 6.07) is 8.56. The van der Waals surface area contributed by atoms with E-state index >= 15 is 0 Å². The Balaban J connectivity index is 2.44. The van der Waals surface area contributed by atoms with E-state index in [0.717, 1.165) is 6.42 Å². The summed E-state index contributed by atoms with van der Waals surface area (Å²) in [4.78, 5) is 11.8. The fourth-order valence-electron chi connectivity index (χ4n) is 1.73. The fraction of sp³-hybridized carbons (Fsp3) is 0.562. The fourth-order valence-corrected chi connectivity index (χ4v) is 1.73. The summed E-state index contributed by atoms with van der Waals surface area (Å²) < 4.78 is 0. The van der Waals surface area contributed by atoms with Gasteiger partial charge in [-0.3, -0.25) is 4.79 Å². The van der Waals surface area contributed by atoms with Crippen LogP contribution < -0.4 is 10.6 Å². The molecule has 1 amide bonds. The highest BCUT2D eigenvalue weighted by Crippen LogP contribution is 2.12. The van der Waals surface area contributed by atoms with Gasteiger partial charge in [0.25, 0.3) is 0 Å². The Hall–Kier alpha value is -1.35. The van der Waals surface area contributed by atoms with Gasteiger partial charge in [0.1, 0.15) is 0 Å². The Labute approximate surface area is 116 Å². The molecule has 1 rings (SSSR count). The van der Waals surface area contributed by atoms with Gasteiger partial charge in [0.05, 0.1) is 6.54 Å². The van der Waals surface area contributed by atoms with Gasteiger partial charge in [0, 0.05) is 11.6 Å². The Morgan fingerprint density at radius 3 is 2.37 bits per heavy atom. The molecule has 0 saturated carbocycles. The molecule has 0 saturated heterocycles. The molecule has 3 heteroatoms. The summed E-state index contributed by atoms with van der Waals surface area (Å²) in [7, 11) is 0. The molecule has 2 N–H and O–H groups in total. The highest BCUT2D eigenvalue weighted by Gasteiger charge is 2.17. The number of hydrogen-bond donors (Lipinski definition) is 2. The zero-order chi connectivity index (χ0) is 14.5. The highest BCUT2D eigenvalue weighted by atomic mass is 16.2. The Morgan fingerprint density at radius 2 is 1.84 bits per heavy atom. The number of rotatable bonds is 6. The summed E-state index contributed by atoms with van der Waals surface area (Å²) >= 11 is 0. The van der Waals surface area contributed by atoms with Crippen LogP contribution in [0, 0.1) is 6.92 Å². The monoisotopic (exact) mass is 262 g/mol. The first-order valence-electron chi connectivity index (χ1n) is 6.95. The number of hydrogen-bond acceptors (Lipinski definition) is 2. The van der Waals surface area contributed by atoms with Crippen LogP contribution in [0.3, 0.4) is 0 Å². The lowest BCUT2D eigenvalue weighted by atomic mass is 10.0. The molecule has 3 nitrogen and oxygen atoms in total. The zero-order valence-corrected chi connectivity index (χ0v) is 12.7. The van der Waals surface area contributed by atoms with E-state index in [4.69, 9.17) is 0 Å². The number of amides is 1. The second-order valence-corrected chi connectivity index (χ2v) is 5.80. The van der Waals surface area contributed by atoms with Crippen LogP contribution in [0.25, 0.3) is 0 Å². The topological polar surface area (TPSA) is 41.1 Å². The minimum absolute atomic E-state index is 0.0470. The average Bonchev–Trinajstić information content (AvgIpc) is 2.36. The predicted octanol–water partition coefficient (Wildman–Crippen LogP) is 2.95. The van der Waals surface area contributed by atoms with Crippen LogP contribution >= 0.6 is 0 Å². The van der Waals surface area contributed by atoms with Gasteiger partial charge in [0.15, 0.2) is 0 Å². The predicted molar refractivity (Wildman–Crippen MR) is 80.1 cm³/mol. The third-order valence-corrected chi connectivity index (χ3v) is 3.51. The van der Waals surface area contributed by atoms with Gasteiger partial charge in [-0.25, -0.2) is 0 Å². The number of carbonyl (C=O) groups is 1. The lowest BCUT2D eigenvalue weighted by Gasteiger charge is -2.25. The van der Waals surface area contributed by atoms with Gasteiger partial charge in [-0.15, -0.1) is 0 Å². The van der Waals surface area contributed by atoms with Crippen LogP contribution in [0.4, 0.5) is 0 Å². The van der Waals surface area contributed by atoms with Gasteiger partial charge in [-0.05, 0) is 39.7 Å². The first-order chi connectivity index (χ1) is 8.84. The SMILES string of the molecule is CCC(C)(C)NC(=O)CNC(C)c1ccc(C)cc1. The van der Waals surface area contributed by atoms with Crippen molar-refractivity contribution < 1.29 is 4.79 Å². The molecule has 1 aromatic rings. The molecule has 0 heterocycles. The molecule has 0 aliphatic rings. The summed E-state index contributed by atoms with van der Waals surface area (Å²) in [6.45, 7) is 10.6. The highest BCUT2D eigenvalue weighted by molar-refractivity contribution is 5.78. The molecule has 0 aliphatic carbocycles. The van der Waals surface area contributed by atoms with Crippen molar-refractivity contribution in [1.82, 2.24) is 10.6 Å². The van der Waals surface area contributed by atoms with E-state index in [0.29, 0.717) is 6.54 Å². The largest absolute Gasteiger partial charge is 0.350 e. The van der Waals surface area contributed by atoms with Crippen LogP contribution in [-0.2, 0) is 4.79 Å². The quantitative estimate of drug-likeness (QED) is 0.827. The molecule has 0 fully saturated rings. The van der Waals surface area contributed by atoms with Crippen molar-refractivity contribution >= 4 is 5.91 Å². The van der Waals surface area contributed by atoms with Crippen LogP contribution in [0.5, 0.6) is 0 Å². The molecule has 1 atom stereocenters. The maximum Gasteiger partial charge on any atom is 0.234 e. The number of carbonyl (C=O) groups excluding carboxylic acids is 1. The first-order valence-corrected chi connectivity index (χ1v) is 6.95. The number of benzene rings is 1. The average molecular weight is 262 g/mol. The summed E-state index contributed by atoms with van der Waals surface area (Å²) in [5.74, 6) is 0.0470. The van der Waals surface area contributed by atoms with Gasteiger partial charge < -0.3 is 10.6 Å². The lowest BCUT2D eigenvalue weighted by Crippen LogP contribution is -2.46. The zero-order valence-electron chi connectivity index (χ0n) is 12.7. The Morgan fingerprint density at radius 1 is 1.26 bits per heavy atom. The molecule has 1 aromatic carbocycles. The minimum atomic E-state index is -0.133. The Bertz CT molecular complexity index is 409. The normalized spacial score (nSPS) is 13.1. The summed E-state index contributed by atoms with van der Waals surface area (Å²) in [6.07, 6.45) is 0.923. The minimum Gasteiger partial charge on any atom is -0.350 e. The molecule has 0 radical (unpaired) electrons. The van der Waals surface area contributed by atoms with E-state index in [1.54, 1.807) is 0 Å². The van der Waals surface area contributed by atoms with E-state index in [1.807, 2.05) is 13.8 Å². The first kappa shape index (κ1) is 15.7. The van der Waals surface area contributed by atoms with Crippen molar-refractivity contribution in [2.75, 3.05) is 6.54 Å². The van der Waals surface area contributed by atoms with E-state index < -0.39 is 0 Å². The molecule has 0 spiro atoms. The second-order valence-electron chi connectivity index (χ2n) is 5.80. The van der Waals surface area contributed by atoms with Crippen molar-refractivity contribution in [3.63, 3.8) is 0 Å². The van der Waals surface area contributed by atoms with E-state index in [2.05, 4.69) is 55.7 Å². The van der Waals surface area contributed by atoms with Gasteiger partial charge >= 0.3 is 0 Å². The lowest BCUT2D eigenvalue weighted by molar-refractivity contribution is -0.122. The molecular weight excluding hydrogens is 236 g/mol. The molecule has 106 valence electrons. The van der Waals surface area contributed by atoms with Crippen molar-refractivity contribution in [1.29, 1.82) is 0 Å². The maximum absolute atomic E-state index is 11.8. The van der Waals surface area contributed by atoms with Crippen molar-refractivity contribution in [3.05, 3.63) is 35.4 Å². The van der Waals surface area contributed by atoms with Crippen LogP contribution in [-0.4, -0.2) is 18.0 Å². The van der Waals surface area contributed by atoms with Gasteiger partial charge in [0.2, 0.25) is 5.91 Å². The third kappa shape index (κ3) is 5.43. The number of aryl methyl sites for hydroxylation is 1. The summed E-state index contributed by atoms with van der Waals surface area (Å²) in [5.41, 5.74) is 2.32. The molecule has 0 aliphatic heterocycles. The van der Waals surface area contributed by atoms with Gasteiger partial charge in [-0.1, -0.05) is 36.8 Å². The third-order valence-electron chi connectivity index (χ3n) is 3.51. The van der Waals surface area contributed by atoms with Crippen LogP contribution in [0.1, 0.15) is 51.3 Å². The summed E-state index contributed by atoms with van der Waals surface area (Å²) in [5, 5.41) is 6.27. The smallest absolute Gasteiger partial charge is 0.234 e.